The number of nitrogens with zero attached hydrogens (tertiary/aromatic N) is 3. The minimum Gasteiger partial charge on any atom is -0.329 e. The van der Waals surface area contributed by atoms with E-state index in [1.165, 1.54) is 13.3 Å². The molecule has 0 aliphatic heterocycles. The summed E-state index contributed by atoms with van der Waals surface area (Å²) < 4.78 is 40.6. The summed E-state index contributed by atoms with van der Waals surface area (Å²) in [5.41, 5.74) is 1.13. The van der Waals surface area contributed by atoms with E-state index < -0.39 is 12.1 Å². The highest BCUT2D eigenvalue weighted by atomic mass is 19.4. The van der Waals surface area contributed by atoms with Gasteiger partial charge in [-0.3, -0.25) is 4.98 Å². The summed E-state index contributed by atoms with van der Waals surface area (Å²) in [4.78, 5) is 10.9. The van der Waals surface area contributed by atoms with Crippen molar-refractivity contribution in [2.45, 2.75) is 13.1 Å². The molecule has 6 nitrogen and oxygen atoms in total. The van der Waals surface area contributed by atoms with Crippen molar-refractivity contribution in [3.8, 4) is 11.4 Å². The summed E-state index contributed by atoms with van der Waals surface area (Å²) in [5.74, 6) is 2.86. The lowest BCUT2D eigenvalue weighted by molar-refractivity contribution is -0.159. The highest BCUT2D eigenvalue weighted by molar-refractivity contribution is 5.52. The molecule has 104 valence electrons. The zero-order valence-electron chi connectivity index (χ0n) is 10.1. The van der Waals surface area contributed by atoms with E-state index in [1.807, 2.05) is 0 Å². The lowest BCUT2D eigenvalue weighted by atomic mass is 10.2. The van der Waals surface area contributed by atoms with Gasteiger partial charge in [-0.1, -0.05) is 5.16 Å². The molecular formula is C10H11F3N4O2. The van der Waals surface area contributed by atoms with Crippen LogP contribution >= 0.6 is 0 Å². The standard InChI is InChI=1S/C9H6F3N3O.CH5NO/c1-5-2-3-6(4-13-5)7-14-8(16-15-7)9(10,11)12;1-3-2/h2-4H,1H3;2H2,1H3. The van der Waals surface area contributed by atoms with Crippen LogP contribution in [0.2, 0.25) is 0 Å². The maximum Gasteiger partial charge on any atom is 0.471 e. The maximum absolute atomic E-state index is 12.2. The van der Waals surface area contributed by atoms with Crippen molar-refractivity contribution in [3.05, 3.63) is 29.9 Å². The van der Waals surface area contributed by atoms with E-state index in [4.69, 9.17) is 0 Å². The van der Waals surface area contributed by atoms with Crippen LogP contribution in [0.1, 0.15) is 11.6 Å². The highest BCUT2D eigenvalue weighted by Gasteiger charge is 2.38. The maximum atomic E-state index is 12.2. The van der Waals surface area contributed by atoms with Crippen LogP contribution in [0.25, 0.3) is 11.4 Å². The average molecular weight is 276 g/mol. The molecule has 2 rings (SSSR count). The van der Waals surface area contributed by atoms with E-state index in [2.05, 4.69) is 30.4 Å². The second-order valence-corrected chi connectivity index (χ2v) is 3.34. The molecule has 2 heterocycles. The van der Waals surface area contributed by atoms with Crippen LogP contribution in [0.15, 0.2) is 22.9 Å². The SMILES string of the molecule is CON.Cc1ccc(-c2noc(C(F)(F)F)n2)cn1. The molecule has 0 aliphatic rings. The van der Waals surface area contributed by atoms with Crippen molar-refractivity contribution in [1.82, 2.24) is 15.1 Å². The number of pyridine rings is 1. The van der Waals surface area contributed by atoms with Crippen LogP contribution in [-0.4, -0.2) is 22.2 Å². The van der Waals surface area contributed by atoms with Crippen molar-refractivity contribution in [2.75, 3.05) is 7.11 Å². The normalized spacial score (nSPS) is 10.8. The largest absolute Gasteiger partial charge is 0.471 e. The lowest BCUT2D eigenvalue weighted by Crippen LogP contribution is -2.04. The van der Waals surface area contributed by atoms with Crippen molar-refractivity contribution >= 4 is 0 Å². The summed E-state index contributed by atoms with van der Waals surface area (Å²) in [6.07, 6.45) is -3.23. The predicted octanol–water partition coefficient (Wildman–Crippen LogP) is 1.97. The number of halogens is 3. The Kier molecular flexibility index (Phi) is 4.95. The first-order chi connectivity index (χ1) is 8.88. The minimum absolute atomic E-state index is 0.125. The first kappa shape index (κ1) is 15.1. The van der Waals surface area contributed by atoms with Crippen LogP contribution in [0.5, 0.6) is 0 Å². The smallest absolute Gasteiger partial charge is 0.329 e. The Balaban J connectivity index is 0.000000550. The molecule has 0 saturated carbocycles. The summed E-state index contributed by atoms with van der Waals surface area (Å²) >= 11 is 0. The number of hydrogen-bond donors (Lipinski definition) is 1. The molecule has 19 heavy (non-hydrogen) atoms. The van der Waals surface area contributed by atoms with Crippen LogP contribution < -0.4 is 5.90 Å². The third-order valence-corrected chi connectivity index (χ3v) is 1.84. The van der Waals surface area contributed by atoms with Crippen molar-refractivity contribution < 1.29 is 22.5 Å². The number of aromatic nitrogens is 3. The van der Waals surface area contributed by atoms with E-state index in [0.29, 0.717) is 5.56 Å². The Morgan fingerprint density at radius 2 is 1.95 bits per heavy atom. The van der Waals surface area contributed by atoms with E-state index in [9.17, 15) is 13.2 Å². The van der Waals surface area contributed by atoms with Crippen molar-refractivity contribution in [2.24, 2.45) is 5.90 Å². The topological polar surface area (TPSA) is 87.1 Å². The minimum atomic E-state index is -4.62. The Morgan fingerprint density at radius 3 is 2.37 bits per heavy atom. The van der Waals surface area contributed by atoms with Gasteiger partial charge in [0.25, 0.3) is 0 Å². The molecule has 2 aromatic heterocycles. The molecule has 2 aromatic rings. The number of hydrogen-bond acceptors (Lipinski definition) is 6. The predicted molar refractivity (Wildman–Crippen MR) is 58.5 cm³/mol. The van der Waals surface area contributed by atoms with Crippen molar-refractivity contribution in [1.29, 1.82) is 0 Å². The van der Waals surface area contributed by atoms with Gasteiger partial charge in [0.05, 0.1) is 7.11 Å². The molecule has 0 saturated heterocycles. The summed E-state index contributed by atoms with van der Waals surface area (Å²) in [7, 11) is 1.40. The molecule has 0 spiro atoms. The fraction of sp³-hybridized carbons (Fsp3) is 0.300. The molecule has 0 unspecified atom stereocenters. The third kappa shape index (κ3) is 4.30. The molecule has 0 aromatic carbocycles. The van der Waals surface area contributed by atoms with Crippen molar-refractivity contribution in [3.63, 3.8) is 0 Å². The quantitative estimate of drug-likeness (QED) is 0.801. The van der Waals surface area contributed by atoms with E-state index in [1.54, 1.807) is 19.1 Å². The molecule has 0 bridgehead atoms. The Bertz CT molecular complexity index is 510. The number of nitrogens with two attached hydrogens (primary N) is 1. The molecule has 0 radical (unpaired) electrons. The fourth-order valence-electron chi connectivity index (χ4n) is 1.06. The fourth-order valence-corrected chi connectivity index (χ4v) is 1.06. The molecule has 0 atom stereocenters. The Hall–Kier alpha value is -2.00. The van der Waals surface area contributed by atoms with Gasteiger partial charge in [-0.2, -0.15) is 18.2 Å². The van der Waals surface area contributed by atoms with Gasteiger partial charge in [-0.25, -0.2) is 5.90 Å². The number of alkyl halides is 3. The highest BCUT2D eigenvalue weighted by Crippen LogP contribution is 2.29. The first-order valence-corrected chi connectivity index (χ1v) is 4.95. The van der Waals surface area contributed by atoms with Gasteiger partial charge in [0, 0.05) is 17.5 Å². The number of aryl methyl sites for hydroxylation is 1. The second kappa shape index (κ2) is 6.25. The second-order valence-electron chi connectivity index (χ2n) is 3.34. The average Bonchev–Trinajstić information content (AvgIpc) is 2.80. The van der Waals surface area contributed by atoms with Gasteiger partial charge in [-0.05, 0) is 19.1 Å². The van der Waals surface area contributed by atoms with Gasteiger partial charge < -0.3 is 9.36 Å². The molecule has 2 N–H and O–H groups in total. The molecule has 0 fully saturated rings. The third-order valence-electron chi connectivity index (χ3n) is 1.84. The summed E-state index contributed by atoms with van der Waals surface area (Å²) in [6, 6.07) is 3.23. The Labute approximate surface area is 106 Å². The zero-order valence-corrected chi connectivity index (χ0v) is 10.1. The van der Waals surface area contributed by atoms with Gasteiger partial charge in [0.2, 0.25) is 5.82 Å². The van der Waals surface area contributed by atoms with Crippen LogP contribution in [-0.2, 0) is 11.0 Å². The van der Waals surface area contributed by atoms with Gasteiger partial charge in [0.1, 0.15) is 0 Å². The van der Waals surface area contributed by atoms with E-state index in [-0.39, 0.29) is 5.82 Å². The van der Waals surface area contributed by atoms with Gasteiger partial charge >= 0.3 is 12.1 Å². The summed E-state index contributed by atoms with van der Waals surface area (Å²) in [5, 5.41) is 3.24. The lowest BCUT2D eigenvalue weighted by Gasteiger charge is -1.96. The molecule has 0 amide bonds. The number of rotatable bonds is 1. The monoisotopic (exact) mass is 276 g/mol. The molecular weight excluding hydrogens is 265 g/mol. The molecule has 9 heteroatoms. The zero-order chi connectivity index (χ0) is 14.5. The Morgan fingerprint density at radius 1 is 1.32 bits per heavy atom. The molecule has 0 aliphatic carbocycles. The van der Waals surface area contributed by atoms with E-state index >= 15 is 0 Å². The van der Waals surface area contributed by atoms with Crippen LogP contribution in [0, 0.1) is 6.92 Å². The van der Waals surface area contributed by atoms with Crippen LogP contribution in [0.4, 0.5) is 13.2 Å². The first-order valence-electron chi connectivity index (χ1n) is 4.95. The van der Waals surface area contributed by atoms with Gasteiger partial charge in [-0.15, -0.1) is 0 Å². The summed E-state index contributed by atoms with van der Waals surface area (Å²) in [6.45, 7) is 1.77. The van der Waals surface area contributed by atoms with E-state index in [0.717, 1.165) is 5.69 Å². The van der Waals surface area contributed by atoms with Crippen LogP contribution in [0.3, 0.4) is 0 Å². The van der Waals surface area contributed by atoms with Gasteiger partial charge in [0.15, 0.2) is 0 Å².